The normalized spacial score (nSPS) is 14.7. The van der Waals surface area contributed by atoms with Gasteiger partial charge in [0.05, 0.1) is 23.9 Å². The second kappa shape index (κ2) is 13.2. The Kier molecular flexibility index (Phi) is 13.2. The third-order valence-corrected chi connectivity index (χ3v) is 8.06. The summed E-state index contributed by atoms with van der Waals surface area (Å²) in [6.45, 7) is 21.3. The fourth-order valence-corrected chi connectivity index (χ4v) is 5.16. The van der Waals surface area contributed by atoms with E-state index in [2.05, 4.69) is 62.3 Å². The molecular formula is C25H52O3. The summed E-state index contributed by atoms with van der Waals surface area (Å²) in [6, 6.07) is 0. The first-order chi connectivity index (χ1) is 13.2. The molecule has 170 valence electrons. The Morgan fingerprint density at radius 3 is 1.61 bits per heavy atom. The highest BCUT2D eigenvalue weighted by molar-refractivity contribution is 4.98. The van der Waals surface area contributed by atoms with Crippen molar-refractivity contribution in [3.8, 4) is 0 Å². The first-order valence-corrected chi connectivity index (χ1v) is 12.2. The molecule has 0 saturated heterocycles. The van der Waals surface area contributed by atoms with Crippen LogP contribution in [0.4, 0.5) is 0 Å². The molecule has 0 aliphatic carbocycles. The van der Waals surface area contributed by atoms with E-state index in [4.69, 9.17) is 9.47 Å². The van der Waals surface area contributed by atoms with Crippen LogP contribution in [0.25, 0.3) is 0 Å². The lowest BCUT2D eigenvalue weighted by atomic mass is 9.63. The molecule has 0 aliphatic heterocycles. The lowest BCUT2D eigenvalue weighted by Gasteiger charge is -2.51. The van der Waals surface area contributed by atoms with Crippen molar-refractivity contribution < 1.29 is 14.6 Å². The Morgan fingerprint density at radius 1 is 0.750 bits per heavy atom. The molecule has 0 saturated carbocycles. The molecule has 0 amide bonds. The number of aliphatic hydroxyl groups is 1. The van der Waals surface area contributed by atoms with Crippen LogP contribution in [0, 0.1) is 11.3 Å². The minimum atomic E-state index is -0.632. The summed E-state index contributed by atoms with van der Waals surface area (Å²) in [5.74, 6) is 0.132. The van der Waals surface area contributed by atoms with E-state index < -0.39 is 5.60 Å². The topological polar surface area (TPSA) is 38.7 Å². The van der Waals surface area contributed by atoms with Crippen molar-refractivity contribution in [2.45, 2.75) is 137 Å². The van der Waals surface area contributed by atoms with Gasteiger partial charge in [-0.3, -0.25) is 0 Å². The Hall–Kier alpha value is -0.120. The van der Waals surface area contributed by atoms with Crippen LogP contribution in [0.5, 0.6) is 0 Å². The monoisotopic (exact) mass is 400 g/mol. The second-order valence-electron chi connectivity index (χ2n) is 8.77. The summed E-state index contributed by atoms with van der Waals surface area (Å²) in [5, 5.41) is 10.9. The summed E-state index contributed by atoms with van der Waals surface area (Å²) in [6.07, 6.45) is 9.30. The van der Waals surface area contributed by atoms with Crippen LogP contribution in [0.15, 0.2) is 0 Å². The minimum absolute atomic E-state index is 0.110. The number of ether oxygens (including phenoxy) is 2. The molecule has 3 heteroatoms. The Morgan fingerprint density at radius 2 is 1.25 bits per heavy atom. The Bertz CT molecular complexity index is 377. The summed E-state index contributed by atoms with van der Waals surface area (Å²) in [5.41, 5.74) is -0.684. The molecule has 0 aromatic carbocycles. The average Bonchev–Trinajstić information content (AvgIpc) is 2.75. The van der Waals surface area contributed by atoms with E-state index in [1.807, 2.05) is 0 Å². The van der Waals surface area contributed by atoms with Gasteiger partial charge in [-0.1, -0.05) is 62.3 Å². The second-order valence-corrected chi connectivity index (χ2v) is 8.77. The molecule has 3 nitrogen and oxygen atoms in total. The highest BCUT2D eigenvalue weighted by Crippen LogP contribution is 2.48. The maximum Gasteiger partial charge on any atom is 0.0734 e. The van der Waals surface area contributed by atoms with Gasteiger partial charge >= 0.3 is 0 Å². The first kappa shape index (κ1) is 27.9. The zero-order valence-corrected chi connectivity index (χ0v) is 20.7. The molecule has 0 bridgehead atoms. The van der Waals surface area contributed by atoms with Gasteiger partial charge in [-0.05, 0) is 57.8 Å². The van der Waals surface area contributed by atoms with Crippen molar-refractivity contribution in [3.05, 3.63) is 0 Å². The van der Waals surface area contributed by atoms with Crippen molar-refractivity contribution >= 4 is 0 Å². The fraction of sp³-hybridized carbons (Fsp3) is 1.00. The molecule has 0 aliphatic rings. The van der Waals surface area contributed by atoms with Crippen LogP contribution >= 0.6 is 0 Å². The molecule has 1 atom stereocenters. The highest BCUT2D eigenvalue weighted by atomic mass is 16.5. The van der Waals surface area contributed by atoms with Crippen LogP contribution < -0.4 is 0 Å². The largest absolute Gasteiger partial charge is 0.390 e. The third-order valence-electron chi connectivity index (χ3n) is 8.06. The summed E-state index contributed by atoms with van der Waals surface area (Å²) in [4.78, 5) is 0. The molecule has 1 N–H and O–H groups in total. The standard InChI is InChI=1S/C25H52O3/c1-10-22(11-2)27-19-18-23(12-3,13-4)25(16-7,17-8)28-20-21(9)24(26,14-5)15-6/h21-22,26H,10-20H2,1-9H3. The Balaban J connectivity index is 5.44. The van der Waals surface area contributed by atoms with E-state index in [0.29, 0.717) is 12.7 Å². The van der Waals surface area contributed by atoms with Gasteiger partial charge in [-0.2, -0.15) is 0 Å². The maximum absolute atomic E-state index is 10.9. The molecule has 0 rings (SSSR count). The van der Waals surface area contributed by atoms with Crippen molar-refractivity contribution in [2.24, 2.45) is 11.3 Å². The van der Waals surface area contributed by atoms with Crippen LogP contribution in [0.2, 0.25) is 0 Å². The van der Waals surface area contributed by atoms with E-state index in [0.717, 1.165) is 64.4 Å². The van der Waals surface area contributed by atoms with Crippen LogP contribution in [-0.2, 0) is 9.47 Å². The van der Waals surface area contributed by atoms with Crippen LogP contribution in [0.1, 0.15) is 120 Å². The van der Waals surface area contributed by atoms with Gasteiger partial charge in [-0.25, -0.2) is 0 Å². The first-order valence-electron chi connectivity index (χ1n) is 12.2. The highest BCUT2D eigenvalue weighted by Gasteiger charge is 2.48. The number of hydrogen-bond donors (Lipinski definition) is 1. The smallest absolute Gasteiger partial charge is 0.0734 e. The van der Waals surface area contributed by atoms with Gasteiger partial charge in [0.25, 0.3) is 0 Å². The van der Waals surface area contributed by atoms with Gasteiger partial charge in [-0.15, -0.1) is 0 Å². The molecular weight excluding hydrogens is 348 g/mol. The summed E-state index contributed by atoms with van der Waals surface area (Å²) in [7, 11) is 0. The van der Waals surface area contributed by atoms with E-state index in [1.54, 1.807) is 0 Å². The van der Waals surface area contributed by atoms with E-state index in [1.165, 1.54) is 0 Å². The molecule has 0 aromatic rings. The quantitative estimate of drug-likeness (QED) is 0.282. The van der Waals surface area contributed by atoms with Gasteiger partial charge in [0.1, 0.15) is 0 Å². The van der Waals surface area contributed by atoms with Gasteiger partial charge in [0.15, 0.2) is 0 Å². The minimum Gasteiger partial charge on any atom is -0.390 e. The zero-order chi connectivity index (χ0) is 21.8. The molecule has 0 aromatic heterocycles. The summed E-state index contributed by atoms with van der Waals surface area (Å²) >= 11 is 0. The lowest BCUT2D eigenvalue weighted by molar-refractivity contribution is -0.177. The lowest BCUT2D eigenvalue weighted by Crippen LogP contribution is -2.51. The average molecular weight is 401 g/mol. The SMILES string of the molecule is CCC(CC)OCCC(CC)(CC)C(CC)(CC)OCC(C)C(O)(CC)CC. The van der Waals surface area contributed by atoms with E-state index in [9.17, 15) is 5.11 Å². The maximum atomic E-state index is 10.9. The molecule has 0 fully saturated rings. The summed E-state index contributed by atoms with van der Waals surface area (Å²) < 4.78 is 13.0. The van der Waals surface area contributed by atoms with Crippen molar-refractivity contribution in [3.63, 3.8) is 0 Å². The van der Waals surface area contributed by atoms with Crippen molar-refractivity contribution in [1.82, 2.24) is 0 Å². The number of hydrogen-bond acceptors (Lipinski definition) is 3. The van der Waals surface area contributed by atoms with Gasteiger partial charge < -0.3 is 14.6 Å². The van der Waals surface area contributed by atoms with E-state index >= 15 is 0 Å². The van der Waals surface area contributed by atoms with Crippen LogP contribution in [0.3, 0.4) is 0 Å². The number of rotatable bonds is 17. The van der Waals surface area contributed by atoms with Crippen LogP contribution in [-0.4, -0.2) is 35.6 Å². The molecule has 0 heterocycles. The van der Waals surface area contributed by atoms with Crippen molar-refractivity contribution in [1.29, 1.82) is 0 Å². The van der Waals surface area contributed by atoms with Gasteiger partial charge in [0, 0.05) is 17.9 Å². The van der Waals surface area contributed by atoms with Gasteiger partial charge in [0.2, 0.25) is 0 Å². The Labute approximate surface area is 177 Å². The third kappa shape index (κ3) is 6.44. The molecule has 0 spiro atoms. The molecule has 0 radical (unpaired) electrons. The van der Waals surface area contributed by atoms with E-state index in [-0.39, 0.29) is 16.9 Å². The fourth-order valence-electron chi connectivity index (χ4n) is 5.16. The predicted octanol–water partition coefficient (Wildman–Crippen LogP) is 7.15. The molecule has 28 heavy (non-hydrogen) atoms. The zero-order valence-electron chi connectivity index (χ0n) is 20.7. The predicted molar refractivity (Wildman–Crippen MR) is 122 cm³/mol. The van der Waals surface area contributed by atoms with Crippen molar-refractivity contribution in [2.75, 3.05) is 13.2 Å². The molecule has 1 unspecified atom stereocenters.